The molecule has 1 aliphatic heterocycles. The highest BCUT2D eigenvalue weighted by molar-refractivity contribution is 7.07. The molecule has 3 aromatic carbocycles. The summed E-state index contributed by atoms with van der Waals surface area (Å²) >= 11 is 1.22. The van der Waals surface area contributed by atoms with Crippen LogP contribution in [0.1, 0.15) is 34.5 Å². The molecule has 1 aliphatic rings. The fourth-order valence-electron chi connectivity index (χ4n) is 4.31. The second-order valence-corrected chi connectivity index (χ2v) is 9.61. The molecule has 1 amide bonds. The van der Waals surface area contributed by atoms with Crippen molar-refractivity contribution in [1.29, 1.82) is 0 Å². The average molecular weight is 526 g/mol. The zero-order valence-electron chi connectivity index (χ0n) is 20.5. The van der Waals surface area contributed by atoms with Crippen LogP contribution >= 0.6 is 11.3 Å². The number of nitrogens with zero attached hydrogens (tertiary/aromatic N) is 2. The van der Waals surface area contributed by atoms with Gasteiger partial charge in [0.05, 0.1) is 34.5 Å². The van der Waals surface area contributed by atoms with Gasteiger partial charge in [-0.2, -0.15) is 0 Å². The molecule has 9 heteroatoms. The van der Waals surface area contributed by atoms with E-state index < -0.39 is 12.0 Å². The summed E-state index contributed by atoms with van der Waals surface area (Å²) in [6.45, 7) is 1.76. The van der Waals surface area contributed by atoms with Gasteiger partial charge in [0, 0.05) is 5.69 Å². The number of ether oxygens (including phenoxy) is 1. The average Bonchev–Trinajstić information content (AvgIpc) is 3.22. The van der Waals surface area contributed by atoms with Gasteiger partial charge in [-0.15, -0.1) is 0 Å². The molecule has 5 rings (SSSR count). The van der Waals surface area contributed by atoms with Crippen molar-refractivity contribution in [2.75, 3.05) is 12.4 Å². The van der Waals surface area contributed by atoms with Crippen LogP contribution in [0.25, 0.3) is 6.08 Å². The van der Waals surface area contributed by atoms with Crippen LogP contribution in [0.3, 0.4) is 0 Å². The lowest BCUT2D eigenvalue weighted by Crippen LogP contribution is -2.40. The van der Waals surface area contributed by atoms with Gasteiger partial charge in [0.15, 0.2) is 4.80 Å². The van der Waals surface area contributed by atoms with Crippen LogP contribution in [0.15, 0.2) is 99.9 Å². The number of amides is 1. The number of carbonyl (C=O) groups excluding carboxylic acids is 1. The molecule has 0 saturated heterocycles. The summed E-state index contributed by atoms with van der Waals surface area (Å²) in [6, 6.07) is 21.9. The fourth-order valence-corrected chi connectivity index (χ4v) is 5.35. The lowest BCUT2D eigenvalue weighted by molar-refractivity contribution is -0.113. The van der Waals surface area contributed by atoms with Crippen molar-refractivity contribution in [2.45, 2.75) is 13.0 Å². The minimum Gasteiger partial charge on any atom is -0.497 e. The Morgan fingerprint density at radius 2 is 1.71 bits per heavy atom. The first-order valence-corrected chi connectivity index (χ1v) is 12.5. The number of anilines is 1. The van der Waals surface area contributed by atoms with E-state index in [2.05, 4.69) is 10.3 Å². The Hall–Kier alpha value is -4.76. The number of rotatable bonds is 6. The third kappa shape index (κ3) is 4.79. The predicted octanol–water partition coefficient (Wildman–Crippen LogP) is 3.58. The fraction of sp³-hybridized carbons (Fsp3) is 0.103. The summed E-state index contributed by atoms with van der Waals surface area (Å²) < 4.78 is 7.26. The van der Waals surface area contributed by atoms with Crippen LogP contribution in [-0.2, 0) is 4.79 Å². The molecule has 0 saturated carbocycles. The van der Waals surface area contributed by atoms with E-state index in [1.165, 1.54) is 28.0 Å². The van der Waals surface area contributed by atoms with Crippen molar-refractivity contribution in [2.24, 2.45) is 4.99 Å². The molecule has 8 nitrogen and oxygen atoms in total. The van der Waals surface area contributed by atoms with Crippen molar-refractivity contribution in [3.05, 3.63) is 127 Å². The Bertz CT molecular complexity index is 1740. The maximum absolute atomic E-state index is 13.7. The number of methoxy groups -OCH3 is 1. The Labute approximate surface area is 221 Å². The van der Waals surface area contributed by atoms with E-state index in [-0.39, 0.29) is 17.0 Å². The number of aromatic nitrogens is 1. The van der Waals surface area contributed by atoms with Gasteiger partial charge >= 0.3 is 5.97 Å². The van der Waals surface area contributed by atoms with Crippen LogP contribution in [0.4, 0.5) is 5.69 Å². The van der Waals surface area contributed by atoms with E-state index in [0.29, 0.717) is 37.6 Å². The summed E-state index contributed by atoms with van der Waals surface area (Å²) in [5.74, 6) is -0.717. The summed E-state index contributed by atoms with van der Waals surface area (Å²) in [5, 5.41) is 12.1. The molecule has 2 N–H and O–H groups in total. The summed E-state index contributed by atoms with van der Waals surface area (Å²) in [5.41, 5.74) is 2.79. The minimum atomic E-state index is -1.02. The van der Waals surface area contributed by atoms with Gasteiger partial charge in [-0.1, -0.05) is 53.8 Å². The number of para-hydroxylation sites is 1. The van der Waals surface area contributed by atoms with Crippen molar-refractivity contribution in [3.63, 3.8) is 0 Å². The van der Waals surface area contributed by atoms with Gasteiger partial charge in [0.2, 0.25) is 0 Å². The molecule has 190 valence electrons. The highest BCUT2D eigenvalue weighted by Crippen LogP contribution is 2.31. The van der Waals surface area contributed by atoms with Gasteiger partial charge in [-0.25, -0.2) is 9.79 Å². The molecule has 38 heavy (non-hydrogen) atoms. The van der Waals surface area contributed by atoms with Crippen molar-refractivity contribution >= 4 is 35.0 Å². The zero-order chi connectivity index (χ0) is 26.8. The first-order chi connectivity index (χ1) is 18.4. The van der Waals surface area contributed by atoms with E-state index >= 15 is 0 Å². The number of carboxylic acids is 1. The molecule has 0 aliphatic carbocycles. The van der Waals surface area contributed by atoms with Gasteiger partial charge in [-0.05, 0) is 60.5 Å². The number of nitrogens with one attached hydrogen (secondary N) is 1. The lowest BCUT2D eigenvalue weighted by Gasteiger charge is -2.25. The molecule has 1 atom stereocenters. The van der Waals surface area contributed by atoms with E-state index in [4.69, 9.17) is 9.84 Å². The first kappa shape index (κ1) is 24.9. The highest BCUT2D eigenvalue weighted by atomic mass is 32.1. The molecule has 2 heterocycles. The van der Waals surface area contributed by atoms with E-state index in [1.54, 1.807) is 56.5 Å². The first-order valence-electron chi connectivity index (χ1n) is 11.7. The summed E-state index contributed by atoms with van der Waals surface area (Å²) in [4.78, 5) is 43.6. The van der Waals surface area contributed by atoms with Gasteiger partial charge in [0.1, 0.15) is 5.75 Å². The molecule has 0 bridgehead atoms. The van der Waals surface area contributed by atoms with Crippen LogP contribution < -0.4 is 24.9 Å². The molecule has 1 aromatic heterocycles. The van der Waals surface area contributed by atoms with Crippen LogP contribution in [0.5, 0.6) is 5.75 Å². The van der Waals surface area contributed by atoms with Gasteiger partial charge in [-0.3, -0.25) is 14.2 Å². The Balaban J connectivity index is 1.64. The number of fused-ring (bicyclic) bond motifs is 1. The van der Waals surface area contributed by atoms with E-state index in [9.17, 15) is 14.4 Å². The number of thiazole rings is 1. The maximum atomic E-state index is 13.7. The topological polar surface area (TPSA) is 110 Å². The minimum absolute atomic E-state index is 0.160. The Kier molecular flexibility index (Phi) is 6.76. The zero-order valence-corrected chi connectivity index (χ0v) is 21.4. The monoisotopic (exact) mass is 525 g/mol. The number of carbonyl (C=O) groups is 2. The van der Waals surface area contributed by atoms with Crippen LogP contribution in [0, 0.1) is 0 Å². The van der Waals surface area contributed by atoms with Crippen molar-refractivity contribution in [1.82, 2.24) is 4.57 Å². The molecule has 0 fully saturated rings. The van der Waals surface area contributed by atoms with E-state index in [0.717, 1.165) is 5.56 Å². The number of hydrogen-bond donors (Lipinski definition) is 2. The molecule has 0 spiro atoms. The van der Waals surface area contributed by atoms with Crippen molar-refractivity contribution < 1.29 is 19.4 Å². The van der Waals surface area contributed by atoms with Crippen LogP contribution in [-0.4, -0.2) is 28.7 Å². The Morgan fingerprint density at radius 3 is 2.34 bits per heavy atom. The smallest absolute Gasteiger partial charge is 0.335 e. The Morgan fingerprint density at radius 1 is 1.03 bits per heavy atom. The molecular formula is C29H23N3O5S. The second kappa shape index (κ2) is 10.3. The van der Waals surface area contributed by atoms with Crippen LogP contribution in [0.2, 0.25) is 0 Å². The normalized spacial score (nSPS) is 15.0. The molecular weight excluding hydrogens is 502 g/mol. The summed E-state index contributed by atoms with van der Waals surface area (Å²) in [6.07, 6.45) is 1.70. The summed E-state index contributed by atoms with van der Waals surface area (Å²) in [7, 11) is 1.57. The SMILES string of the molecule is COc1ccc([C@@H]2C(C(=O)Nc3ccccc3)=C(C)N=c3s/c(=C\c4ccc(C(=O)O)cc4)c(=O)n32)cc1. The quantitative estimate of drug-likeness (QED) is 0.400. The largest absolute Gasteiger partial charge is 0.497 e. The highest BCUT2D eigenvalue weighted by Gasteiger charge is 2.32. The van der Waals surface area contributed by atoms with Crippen molar-refractivity contribution in [3.8, 4) is 5.75 Å². The number of allylic oxidation sites excluding steroid dienone is 1. The number of aromatic carboxylic acids is 1. The third-order valence-corrected chi connectivity index (χ3v) is 7.17. The molecule has 4 aromatic rings. The molecule has 0 unspecified atom stereocenters. The molecule has 0 radical (unpaired) electrons. The maximum Gasteiger partial charge on any atom is 0.335 e. The lowest BCUT2D eigenvalue weighted by atomic mass is 9.95. The number of carboxylic acid groups (broad SMARTS) is 1. The van der Waals surface area contributed by atoms with Gasteiger partial charge < -0.3 is 15.2 Å². The van der Waals surface area contributed by atoms with Gasteiger partial charge in [0.25, 0.3) is 11.5 Å². The second-order valence-electron chi connectivity index (χ2n) is 8.60. The number of hydrogen-bond acceptors (Lipinski definition) is 6. The third-order valence-electron chi connectivity index (χ3n) is 6.18. The standard InChI is InChI=1S/C29H23N3O5S/c1-17-24(26(33)31-21-6-4-3-5-7-21)25(19-12-14-22(37-2)15-13-19)32-27(34)23(38-29(32)30-17)16-18-8-10-20(11-9-18)28(35)36/h3-16,25H,1-2H3,(H,31,33)(H,35,36)/b23-16-/t25-/m1/s1. The van der Waals surface area contributed by atoms with E-state index in [1.807, 2.05) is 30.3 Å². The predicted molar refractivity (Wildman–Crippen MR) is 145 cm³/mol. The number of benzene rings is 3.